The van der Waals surface area contributed by atoms with Crippen LogP contribution in [-0.4, -0.2) is 6.71 Å². The molecule has 0 saturated carbocycles. The van der Waals surface area contributed by atoms with E-state index in [1.807, 2.05) is 11.8 Å². The van der Waals surface area contributed by atoms with E-state index >= 15 is 0 Å². The van der Waals surface area contributed by atoms with Gasteiger partial charge in [-0.2, -0.15) is 0 Å². The highest BCUT2D eigenvalue weighted by atomic mass is 32.2. The highest BCUT2D eigenvalue weighted by Gasteiger charge is 2.50. The maximum Gasteiger partial charge on any atom is 0.251 e. The van der Waals surface area contributed by atoms with E-state index in [2.05, 4.69) is 198 Å². The summed E-state index contributed by atoms with van der Waals surface area (Å²) >= 11 is 1.88. The van der Waals surface area contributed by atoms with Gasteiger partial charge in [-0.3, -0.25) is 0 Å². The van der Waals surface area contributed by atoms with Crippen LogP contribution in [0, 0.1) is 0 Å². The Morgan fingerprint density at radius 2 is 1.00 bits per heavy atom. The van der Waals surface area contributed by atoms with Gasteiger partial charge in [0.25, 0.3) is 6.71 Å². The van der Waals surface area contributed by atoms with Crippen molar-refractivity contribution in [3.63, 3.8) is 0 Å². The van der Waals surface area contributed by atoms with Crippen LogP contribution >= 0.6 is 11.8 Å². The lowest BCUT2D eigenvalue weighted by Gasteiger charge is -2.49. The summed E-state index contributed by atoms with van der Waals surface area (Å²) < 4.78 is 6.97. The highest BCUT2D eigenvalue weighted by molar-refractivity contribution is 7.99. The minimum Gasteiger partial charge on any atom is -0.458 e. The molecule has 0 radical (unpaired) electrons. The van der Waals surface area contributed by atoms with Crippen LogP contribution in [0.25, 0.3) is 0 Å². The van der Waals surface area contributed by atoms with Gasteiger partial charge in [-0.25, -0.2) is 0 Å². The van der Waals surface area contributed by atoms with Crippen molar-refractivity contribution >= 4 is 51.9 Å². The lowest BCUT2D eigenvalue weighted by Crippen LogP contribution is -2.57. The van der Waals surface area contributed by atoms with E-state index in [4.69, 9.17) is 4.74 Å². The van der Waals surface area contributed by atoms with Crippen LogP contribution in [0.2, 0.25) is 0 Å². The molecule has 274 valence electrons. The molecule has 0 aromatic heterocycles. The minimum atomic E-state index is -0.473. The zero-order valence-electron chi connectivity index (χ0n) is 33.0. The number of hydrogen-bond donors (Lipinski definition) is 0. The van der Waals surface area contributed by atoms with Crippen molar-refractivity contribution in [1.82, 2.24) is 0 Å². The van der Waals surface area contributed by atoms with Crippen LogP contribution in [-0.2, 0) is 5.41 Å². The number of hydrogen-bond acceptors (Lipinski definition) is 3. The second-order valence-electron chi connectivity index (χ2n) is 16.6. The monoisotopic (exact) mass is 743 g/mol. The average Bonchev–Trinajstić information content (AvgIpc) is 3.22. The van der Waals surface area contributed by atoms with Crippen molar-refractivity contribution in [2.45, 2.75) is 74.5 Å². The number of nitrogens with zero attached hydrogens (tertiary/aromatic N) is 1. The molecule has 4 heteroatoms. The van der Waals surface area contributed by atoms with Gasteiger partial charge in [0.1, 0.15) is 11.5 Å². The molecule has 2 nitrogen and oxygen atoms in total. The summed E-state index contributed by atoms with van der Waals surface area (Å²) in [6.07, 6.45) is 0. The number of rotatable bonds is 5. The number of anilines is 3. The molecule has 0 atom stereocenters. The topological polar surface area (TPSA) is 12.5 Å². The molecule has 3 aliphatic rings. The SMILES string of the molecule is CC(C)c1cc(C(C)C)c(B2c3ccccc3Oc3cc(N4c5ccccc5C5(c6ccccc6Sc6ccccc65)c5ccccc54)ccc32)c(C(C)C)c1. The Morgan fingerprint density at radius 1 is 0.500 bits per heavy atom. The Hall–Kier alpha value is -5.45. The van der Waals surface area contributed by atoms with Crippen molar-refractivity contribution in [2.24, 2.45) is 0 Å². The number of benzene rings is 7. The van der Waals surface area contributed by atoms with Crippen LogP contribution in [0.1, 0.15) is 98.2 Å². The molecule has 1 spiro atoms. The van der Waals surface area contributed by atoms with Crippen LogP contribution in [0.5, 0.6) is 11.5 Å². The third kappa shape index (κ3) is 5.11. The van der Waals surface area contributed by atoms with E-state index in [1.54, 1.807) is 0 Å². The first-order valence-electron chi connectivity index (χ1n) is 20.2. The summed E-state index contributed by atoms with van der Waals surface area (Å²) in [5, 5.41) is 0. The first-order chi connectivity index (χ1) is 27.3. The fourth-order valence-corrected chi connectivity index (χ4v) is 11.0. The van der Waals surface area contributed by atoms with Crippen LogP contribution in [0.3, 0.4) is 0 Å². The molecule has 3 heterocycles. The number of para-hydroxylation sites is 3. The molecule has 10 rings (SSSR count). The maximum absolute atomic E-state index is 6.97. The van der Waals surface area contributed by atoms with Crippen molar-refractivity contribution in [3.8, 4) is 11.5 Å². The number of ether oxygens (including phenoxy) is 1. The lowest BCUT2D eigenvalue weighted by atomic mass is 9.34. The highest BCUT2D eigenvalue weighted by Crippen LogP contribution is 2.62. The van der Waals surface area contributed by atoms with Crippen LogP contribution in [0.4, 0.5) is 17.1 Å². The van der Waals surface area contributed by atoms with Gasteiger partial charge in [0.05, 0.1) is 16.8 Å². The van der Waals surface area contributed by atoms with Gasteiger partial charge < -0.3 is 9.64 Å². The summed E-state index contributed by atoms with van der Waals surface area (Å²) in [5.74, 6) is 3.07. The summed E-state index contributed by atoms with van der Waals surface area (Å²) in [5.41, 5.74) is 16.4. The van der Waals surface area contributed by atoms with Crippen molar-refractivity contribution in [2.75, 3.05) is 4.90 Å². The lowest BCUT2D eigenvalue weighted by molar-refractivity contribution is 0.487. The Bertz CT molecular complexity index is 2550. The quantitative estimate of drug-likeness (QED) is 0.163. The first kappa shape index (κ1) is 35.0. The third-order valence-corrected chi connectivity index (χ3v) is 13.5. The molecule has 7 aromatic rings. The predicted octanol–water partition coefficient (Wildman–Crippen LogP) is 12.3. The van der Waals surface area contributed by atoms with Crippen LogP contribution < -0.4 is 26.0 Å². The van der Waals surface area contributed by atoms with Gasteiger partial charge >= 0.3 is 0 Å². The summed E-state index contributed by atoms with van der Waals surface area (Å²) in [6.45, 7) is 14.1. The van der Waals surface area contributed by atoms with E-state index in [0.717, 1.165) is 17.2 Å². The van der Waals surface area contributed by atoms with E-state index in [-0.39, 0.29) is 6.71 Å². The molecule has 3 aliphatic heterocycles. The van der Waals surface area contributed by atoms with E-state index < -0.39 is 5.41 Å². The molecule has 0 bridgehead atoms. The van der Waals surface area contributed by atoms with Crippen molar-refractivity contribution in [1.29, 1.82) is 0 Å². The number of fused-ring (bicyclic) bond motifs is 10. The molecular formula is C52H46BNOS. The normalized spacial score (nSPS) is 14.5. The van der Waals surface area contributed by atoms with Gasteiger partial charge in [-0.05, 0) is 104 Å². The first-order valence-corrected chi connectivity index (χ1v) is 21.0. The fraction of sp³-hybridized carbons (Fsp3) is 0.192. The van der Waals surface area contributed by atoms with E-state index in [9.17, 15) is 0 Å². The van der Waals surface area contributed by atoms with Gasteiger partial charge in [-0.1, -0.05) is 168 Å². The molecule has 0 aliphatic carbocycles. The Labute approximate surface area is 336 Å². The van der Waals surface area contributed by atoms with Crippen molar-refractivity contribution < 1.29 is 4.74 Å². The van der Waals surface area contributed by atoms with E-state index in [1.165, 1.54) is 76.5 Å². The standard InChI is InChI=1S/C52H46BNOS/c1-32(2)35-29-37(33(3)4)51(38(30-35)34(5)6)53-43-21-11-14-24-47(43)55-48-31-36(27-28-44(48)53)54-45-22-12-7-17-39(45)52(40-18-8-13-23-46(40)54)41-19-9-15-25-49(41)56-50-26-16-10-20-42(50)52/h7-34H,1-6H3. The van der Waals surface area contributed by atoms with Gasteiger partial charge in [0, 0.05) is 21.5 Å². The molecule has 0 fully saturated rings. The Kier molecular flexibility index (Phi) is 8.34. The molecular weight excluding hydrogens is 697 g/mol. The minimum absolute atomic E-state index is 0.0527. The predicted molar refractivity (Wildman–Crippen MR) is 237 cm³/mol. The second-order valence-corrected chi connectivity index (χ2v) is 17.7. The zero-order chi connectivity index (χ0) is 38.3. The van der Waals surface area contributed by atoms with Gasteiger partial charge in [0.2, 0.25) is 0 Å². The molecule has 0 N–H and O–H groups in total. The molecule has 0 saturated heterocycles. The summed E-state index contributed by atoms with van der Waals surface area (Å²) in [6, 6.07) is 56.8. The maximum atomic E-state index is 6.97. The van der Waals surface area contributed by atoms with E-state index in [0.29, 0.717) is 17.8 Å². The summed E-state index contributed by atoms with van der Waals surface area (Å²) in [4.78, 5) is 5.08. The smallest absolute Gasteiger partial charge is 0.251 e. The summed E-state index contributed by atoms with van der Waals surface area (Å²) in [7, 11) is 0. The molecule has 0 amide bonds. The van der Waals surface area contributed by atoms with Crippen molar-refractivity contribution in [3.05, 3.63) is 191 Å². The molecule has 7 aromatic carbocycles. The van der Waals surface area contributed by atoms with Crippen LogP contribution in [0.15, 0.2) is 161 Å². The average molecular weight is 744 g/mol. The molecule has 56 heavy (non-hydrogen) atoms. The third-order valence-electron chi connectivity index (χ3n) is 12.4. The van der Waals surface area contributed by atoms with Gasteiger partial charge in [0.15, 0.2) is 0 Å². The Morgan fingerprint density at radius 3 is 1.57 bits per heavy atom. The van der Waals surface area contributed by atoms with Gasteiger partial charge in [-0.15, -0.1) is 0 Å². The second kappa shape index (κ2) is 13.3. The largest absolute Gasteiger partial charge is 0.458 e. The Balaban J connectivity index is 1.20. The molecule has 0 unspecified atom stereocenters. The fourth-order valence-electron chi connectivity index (χ4n) is 9.84. The zero-order valence-corrected chi connectivity index (χ0v) is 33.8.